The Morgan fingerprint density at radius 3 is 2.19 bits per heavy atom. The maximum Gasteiger partial charge on any atom is 0.0547 e. The van der Waals surface area contributed by atoms with Gasteiger partial charge in [0.25, 0.3) is 0 Å². The van der Waals surface area contributed by atoms with Crippen LogP contribution in [0.3, 0.4) is 0 Å². The highest BCUT2D eigenvalue weighted by atomic mass is 15.0. The Morgan fingerprint density at radius 1 is 0.576 bits per heavy atom. The molecule has 2 heteroatoms. The number of hydrogen-bond donors (Lipinski definition) is 0. The fourth-order valence-electron chi connectivity index (χ4n) is 8.61. The summed E-state index contributed by atoms with van der Waals surface area (Å²) in [5, 5.41) is 3.62. The molecule has 0 fully saturated rings. The van der Waals surface area contributed by atoms with Crippen LogP contribution in [0.2, 0.25) is 0 Å². The SMILES string of the molecule is C=C/C=C(\C=C/C)c1cccc(-n2c(/C=C\C)c(C=C)c3cc(-c4ccc5c6ccccc6n(-c6cc(C7=CC=CCC=C7)cc(-c7ccccc7)c6)c5c4)ccc32)c1. The average molecular weight is 759 g/mol. The first-order chi connectivity index (χ1) is 29.1. The van der Waals surface area contributed by atoms with Crippen molar-refractivity contribution >= 4 is 56.0 Å². The molecule has 1 aliphatic rings. The molecule has 6 aromatic carbocycles. The highest BCUT2D eigenvalue weighted by Gasteiger charge is 2.19. The Kier molecular flexibility index (Phi) is 10.2. The Balaban J connectivity index is 1.24. The quantitative estimate of drug-likeness (QED) is 0.123. The molecular weight excluding hydrogens is 713 g/mol. The van der Waals surface area contributed by atoms with E-state index in [2.05, 4.69) is 223 Å². The van der Waals surface area contributed by atoms with Gasteiger partial charge in [-0.15, -0.1) is 0 Å². The Labute approximate surface area is 347 Å². The van der Waals surface area contributed by atoms with Crippen LogP contribution in [0.4, 0.5) is 0 Å². The van der Waals surface area contributed by atoms with Gasteiger partial charge in [0, 0.05) is 33.1 Å². The van der Waals surface area contributed by atoms with Gasteiger partial charge in [-0.25, -0.2) is 0 Å². The van der Waals surface area contributed by atoms with Crippen molar-refractivity contribution in [1.29, 1.82) is 0 Å². The zero-order valence-corrected chi connectivity index (χ0v) is 33.6. The van der Waals surface area contributed by atoms with Gasteiger partial charge in [0.2, 0.25) is 0 Å². The van der Waals surface area contributed by atoms with E-state index in [1.165, 1.54) is 44.1 Å². The highest BCUT2D eigenvalue weighted by molar-refractivity contribution is 6.10. The maximum atomic E-state index is 4.32. The van der Waals surface area contributed by atoms with Gasteiger partial charge in [0.05, 0.1) is 22.2 Å². The van der Waals surface area contributed by atoms with E-state index in [1.807, 2.05) is 19.1 Å². The predicted octanol–water partition coefficient (Wildman–Crippen LogP) is 15.8. The molecule has 0 saturated heterocycles. The van der Waals surface area contributed by atoms with Gasteiger partial charge in [0.1, 0.15) is 0 Å². The number of rotatable bonds is 10. The normalized spacial score (nSPS) is 13.3. The van der Waals surface area contributed by atoms with Crippen LogP contribution in [0.5, 0.6) is 0 Å². The highest BCUT2D eigenvalue weighted by Crippen LogP contribution is 2.40. The molecule has 1 aliphatic carbocycles. The Hall–Kier alpha value is -7.42. The van der Waals surface area contributed by atoms with Crippen LogP contribution in [0, 0.1) is 0 Å². The third-order valence-corrected chi connectivity index (χ3v) is 11.3. The standard InChI is InChI=1S/C57H46N2/c1-5-19-40(20-6-2)43-26-18-27-48(35-43)58-54(21-7-3)50(8-4)53-38-44(31-33-56(53)58)45-30-32-52-51-28-16-17-29-55(51)59(57(52)39-45)49-36-46(41-22-12-9-10-13-23-41)34-47(37-49)42-24-14-11-15-25-42/h5-9,11-39H,1,4,10H2,2-3H3/b20-6-,21-7-,40-19+. The fraction of sp³-hybridized carbons (Fsp3) is 0.0526. The van der Waals surface area contributed by atoms with Crippen LogP contribution >= 0.6 is 0 Å². The molecule has 0 radical (unpaired) electrons. The molecule has 2 nitrogen and oxygen atoms in total. The first kappa shape index (κ1) is 37.2. The van der Waals surface area contributed by atoms with Gasteiger partial charge >= 0.3 is 0 Å². The second-order valence-electron chi connectivity index (χ2n) is 14.9. The van der Waals surface area contributed by atoms with Crippen molar-refractivity contribution in [3.63, 3.8) is 0 Å². The molecule has 0 saturated carbocycles. The van der Waals surface area contributed by atoms with E-state index in [0.29, 0.717) is 0 Å². The molecule has 0 unspecified atom stereocenters. The fourth-order valence-corrected chi connectivity index (χ4v) is 8.61. The molecule has 0 amide bonds. The third-order valence-electron chi connectivity index (χ3n) is 11.3. The lowest BCUT2D eigenvalue weighted by Gasteiger charge is -2.15. The van der Waals surface area contributed by atoms with Gasteiger partial charge in [-0.2, -0.15) is 0 Å². The Morgan fingerprint density at radius 2 is 1.36 bits per heavy atom. The van der Waals surface area contributed by atoms with Crippen LogP contribution in [0.15, 0.2) is 207 Å². The third kappa shape index (κ3) is 6.89. The zero-order chi connectivity index (χ0) is 40.3. The second kappa shape index (κ2) is 16.2. The van der Waals surface area contributed by atoms with Crippen LogP contribution < -0.4 is 0 Å². The van der Waals surface area contributed by atoms with Gasteiger partial charge in [-0.05, 0) is 125 Å². The lowest BCUT2D eigenvalue weighted by atomic mass is 9.97. The lowest BCUT2D eigenvalue weighted by molar-refractivity contribution is 1.10. The largest absolute Gasteiger partial charge is 0.309 e. The van der Waals surface area contributed by atoms with E-state index >= 15 is 0 Å². The minimum Gasteiger partial charge on any atom is -0.309 e. The van der Waals surface area contributed by atoms with E-state index in [9.17, 15) is 0 Å². The van der Waals surface area contributed by atoms with Crippen LogP contribution in [-0.2, 0) is 0 Å². The summed E-state index contributed by atoms with van der Waals surface area (Å²) in [6.07, 6.45) is 26.4. The van der Waals surface area contributed by atoms with E-state index in [4.69, 9.17) is 0 Å². The monoisotopic (exact) mass is 758 g/mol. The summed E-state index contributed by atoms with van der Waals surface area (Å²) in [6.45, 7) is 12.4. The van der Waals surface area contributed by atoms with Crippen molar-refractivity contribution in [2.24, 2.45) is 0 Å². The van der Waals surface area contributed by atoms with Crippen molar-refractivity contribution in [2.75, 3.05) is 0 Å². The van der Waals surface area contributed by atoms with Crippen molar-refractivity contribution in [3.8, 4) is 33.6 Å². The molecule has 0 atom stereocenters. The van der Waals surface area contributed by atoms with Crippen molar-refractivity contribution in [1.82, 2.24) is 9.13 Å². The minimum absolute atomic E-state index is 0.931. The lowest BCUT2D eigenvalue weighted by Crippen LogP contribution is -1.98. The summed E-state index contributed by atoms with van der Waals surface area (Å²) in [5.41, 5.74) is 17.3. The smallest absolute Gasteiger partial charge is 0.0547 e. The molecule has 284 valence electrons. The maximum absolute atomic E-state index is 4.32. The van der Waals surface area contributed by atoms with Gasteiger partial charge < -0.3 is 9.13 Å². The molecule has 2 aromatic heterocycles. The number of fused-ring (bicyclic) bond motifs is 4. The number of allylic oxidation sites excluding steroid dienone is 12. The minimum atomic E-state index is 0.931. The molecular formula is C57H46N2. The first-order valence-corrected chi connectivity index (χ1v) is 20.4. The van der Waals surface area contributed by atoms with E-state index in [0.717, 1.165) is 62.2 Å². The molecule has 0 spiro atoms. The van der Waals surface area contributed by atoms with Crippen LogP contribution in [0.1, 0.15) is 42.7 Å². The summed E-state index contributed by atoms with van der Waals surface area (Å²) in [4.78, 5) is 0. The van der Waals surface area contributed by atoms with E-state index < -0.39 is 0 Å². The van der Waals surface area contributed by atoms with Gasteiger partial charge in [-0.1, -0.05) is 159 Å². The topological polar surface area (TPSA) is 9.86 Å². The molecule has 0 bridgehead atoms. The van der Waals surface area contributed by atoms with E-state index in [-0.39, 0.29) is 0 Å². The van der Waals surface area contributed by atoms with E-state index in [1.54, 1.807) is 0 Å². The van der Waals surface area contributed by atoms with Gasteiger partial charge in [-0.3, -0.25) is 0 Å². The van der Waals surface area contributed by atoms with Crippen molar-refractivity contribution in [3.05, 3.63) is 230 Å². The van der Waals surface area contributed by atoms with Crippen molar-refractivity contribution < 1.29 is 0 Å². The summed E-state index contributed by atoms with van der Waals surface area (Å²) in [5.74, 6) is 0. The summed E-state index contributed by atoms with van der Waals surface area (Å²) in [6, 6.07) is 49.0. The number of benzene rings is 6. The van der Waals surface area contributed by atoms with Crippen LogP contribution in [-0.4, -0.2) is 9.13 Å². The Bertz CT molecular complexity index is 3110. The molecule has 8 aromatic rings. The average Bonchev–Trinajstić information content (AvgIpc) is 3.61. The number of para-hydroxylation sites is 1. The molecule has 0 N–H and O–H groups in total. The summed E-state index contributed by atoms with van der Waals surface area (Å²) in [7, 11) is 0. The summed E-state index contributed by atoms with van der Waals surface area (Å²) >= 11 is 0. The number of nitrogens with zero attached hydrogens (tertiary/aromatic N) is 2. The number of hydrogen-bond acceptors (Lipinski definition) is 0. The van der Waals surface area contributed by atoms with Gasteiger partial charge in [0.15, 0.2) is 0 Å². The first-order valence-electron chi connectivity index (χ1n) is 20.4. The molecule has 9 rings (SSSR count). The molecule has 59 heavy (non-hydrogen) atoms. The number of aromatic nitrogens is 2. The zero-order valence-electron chi connectivity index (χ0n) is 33.6. The molecule has 0 aliphatic heterocycles. The second-order valence-corrected chi connectivity index (χ2v) is 14.9. The predicted molar refractivity (Wildman–Crippen MR) is 257 cm³/mol. The summed E-state index contributed by atoms with van der Waals surface area (Å²) < 4.78 is 4.80. The van der Waals surface area contributed by atoms with Crippen LogP contribution in [0.25, 0.3) is 89.6 Å². The van der Waals surface area contributed by atoms with Crippen molar-refractivity contribution in [2.45, 2.75) is 20.3 Å². The molecule has 2 heterocycles.